The molecule has 1 aromatic rings. The van der Waals surface area contributed by atoms with Crippen molar-refractivity contribution in [3.63, 3.8) is 0 Å². The molecular formula is C9H9FO2S. The van der Waals surface area contributed by atoms with Gasteiger partial charge in [0.2, 0.25) is 0 Å². The van der Waals surface area contributed by atoms with Crippen LogP contribution in [0.4, 0.5) is 4.39 Å². The van der Waals surface area contributed by atoms with Crippen LogP contribution in [0.15, 0.2) is 17.0 Å². The number of hydrogen-bond acceptors (Lipinski definition) is 3. The lowest BCUT2D eigenvalue weighted by Crippen LogP contribution is -1.95. The van der Waals surface area contributed by atoms with E-state index in [1.54, 1.807) is 6.07 Å². The van der Waals surface area contributed by atoms with Crippen molar-refractivity contribution >= 4 is 18.0 Å². The summed E-state index contributed by atoms with van der Waals surface area (Å²) in [6.07, 6.45) is 2.29. The van der Waals surface area contributed by atoms with Crippen LogP contribution in [0.5, 0.6) is 5.75 Å². The fraction of sp³-hybridized carbons (Fsp3) is 0.222. The van der Waals surface area contributed by atoms with E-state index in [-0.39, 0.29) is 11.3 Å². The van der Waals surface area contributed by atoms with Crippen molar-refractivity contribution in [1.82, 2.24) is 0 Å². The molecule has 4 heteroatoms. The summed E-state index contributed by atoms with van der Waals surface area (Å²) in [4.78, 5) is 11.1. The van der Waals surface area contributed by atoms with Crippen molar-refractivity contribution < 1.29 is 13.9 Å². The third-order valence-electron chi connectivity index (χ3n) is 1.64. The van der Waals surface area contributed by atoms with Crippen LogP contribution >= 0.6 is 11.8 Å². The summed E-state index contributed by atoms with van der Waals surface area (Å²) in [6.45, 7) is 0. The second kappa shape index (κ2) is 4.28. The second-order valence-electron chi connectivity index (χ2n) is 2.32. The maximum absolute atomic E-state index is 13.4. The summed E-state index contributed by atoms with van der Waals surface area (Å²) in [5, 5.41) is 0. The number of rotatable bonds is 3. The first-order chi connectivity index (χ1) is 6.24. The molecule has 0 heterocycles. The van der Waals surface area contributed by atoms with Gasteiger partial charge in [0, 0.05) is 0 Å². The Labute approximate surface area is 80.1 Å². The van der Waals surface area contributed by atoms with E-state index >= 15 is 0 Å². The lowest BCUT2D eigenvalue weighted by molar-refractivity contribution is 0.111. The first-order valence-corrected chi connectivity index (χ1v) is 4.82. The highest BCUT2D eigenvalue weighted by atomic mass is 32.2. The predicted octanol–water partition coefficient (Wildman–Crippen LogP) is 2.37. The van der Waals surface area contributed by atoms with Gasteiger partial charge in [-0.05, 0) is 18.4 Å². The minimum Gasteiger partial charge on any atom is -0.492 e. The van der Waals surface area contributed by atoms with Gasteiger partial charge < -0.3 is 4.74 Å². The van der Waals surface area contributed by atoms with Crippen LogP contribution in [-0.2, 0) is 0 Å². The lowest BCUT2D eigenvalue weighted by atomic mass is 10.2. The van der Waals surface area contributed by atoms with Crippen molar-refractivity contribution in [3.05, 3.63) is 23.5 Å². The Morgan fingerprint density at radius 1 is 1.54 bits per heavy atom. The monoisotopic (exact) mass is 200 g/mol. The molecule has 2 nitrogen and oxygen atoms in total. The van der Waals surface area contributed by atoms with Crippen molar-refractivity contribution in [2.75, 3.05) is 13.4 Å². The van der Waals surface area contributed by atoms with Gasteiger partial charge in [-0.15, -0.1) is 11.8 Å². The summed E-state index contributed by atoms with van der Waals surface area (Å²) in [7, 11) is 1.38. The molecule has 0 aromatic heterocycles. The SMILES string of the molecule is COc1c(SC)ccc(C=O)c1F. The highest BCUT2D eigenvalue weighted by Gasteiger charge is 2.12. The maximum Gasteiger partial charge on any atom is 0.176 e. The molecule has 0 spiro atoms. The molecule has 0 saturated carbocycles. The average Bonchev–Trinajstić information content (AvgIpc) is 2.17. The number of halogens is 1. The normalized spacial score (nSPS) is 9.77. The van der Waals surface area contributed by atoms with Crippen LogP contribution in [-0.4, -0.2) is 19.7 Å². The van der Waals surface area contributed by atoms with Gasteiger partial charge in [0.1, 0.15) is 0 Å². The Bertz CT molecular complexity index is 326. The van der Waals surface area contributed by atoms with Crippen molar-refractivity contribution in [2.24, 2.45) is 0 Å². The van der Waals surface area contributed by atoms with Gasteiger partial charge in [-0.3, -0.25) is 4.79 Å². The molecule has 0 saturated heterocycles. The topological polar surface area (TPSA) is 26.3 Å². The number of carbonyl (C=O) groups is 1. The van der Waals surface area contributed by atoms with Gasteiger partial charge >= 0.3 is 0 Å². The molecule has 70 valence electrons. The van der Waals surface area contributed by atoms with Crippen LogP contribution in [0, 0.1) is 5.82 Å². The summed E-state index contributed by atoms with van der Waals surface area (Å²) >= 11 is 1.37. The molecular weight excluding hydrogens is 191 g/mol. The standard InChI is InChI=1S/C9H9FO2S/c1-12-9-7(13-2)4-3-6(5-11)8(9)10/h3-5H,1-2H3. The second-order valence-corrected chi connectivity index (χ2v) is 3.17. The third-order valence-corrected chi connectivity index (χ3v) is 2.40. The van der Waals surface area contributed by atoms with Crippen LogP contribution in [0.2, 0.25) is 0 Å². The van der Waals surface area contributed by atoms with E-state index in [9.17, 15) is 9.18 Å². The number of benzene rings is 1. The Kier molecular flexibility index (Phi) is 3.31. The zero-order valence-corrected chi connectivity index (χ0v) is 8.15. The van der Waals surface area contributed by atoms with Gasteiger partial charge in [-0.25, -0.2) is 4.39 Å². The van der Waals surface area contributed by atoms with Crippen LogP contribution in [0.3, 0.4) is 0 Å². The molecule has 1 aromatic carbocycles. The minimum atomic E-state index is -0.593. The fourth-order valence-corrected chi connectivity index (χ4v) is 1.56. The Morgan fingerprint density at radius 3 is 2.69 bits per heavy atom. The first-order valence-electron chi connectivity index (χ1n) is 3.60. The van der Waals surface area contributed by atoms with Gasteiger partial charge in [0.15, 0.2) is 17.9 Å². The largest absolute Gasteiger partial charge is 0.492 e. The number of carbonyl (C=O) groups excluding carboxylic acids is 1. The van der Waals surface area contributed by atoms with Crippen molar-refractivity contribution in [3.8, 4) is 5.75 Å². The van der Waals surface area contributed by atoms with Crippen LogP contribution < -0.4 is 4.74 Å². The van der Waals surface area contributed by atoms with Gasteiger partial charge in [0.05, 0.1) is 17.6 Å². The van der Waals surface area contributed by atoms with Crippen LogP contribution in [0.25, 0.3) is 0 Å². The molecule has 0 fully saturated rings. The number of methoxy groups -OCH3 is 1. The Balaban J connectivity index is 3.31. The van der Waals surface area contributed by atoms with Crippen molar-refractivity contribution in [2.45, 2.75) is 4.90 Å². The summed E-state index contributed by atoms with van der Waals surface area (Å²) in [5.74, 6) is -0.457. The number of thioether (sulfide) groups is 1. The lowest BCUT2D eigenvalue weighted by Gasteiger charge is -2.07. The quantitative estimate of drug-likeness (QED) is 0.553. The van der Waals surface area contributed by atoms with E-state index in [1.165, 1.54) is 24.9 Å². The zero-order valence-electron chi connectivity index (χ0n) is 7.33. The molecule has 0 aliphatic heterocycles. The molecule has 0 bridgehead atoms. The number of aldehydes is 1. The van der Waals surface area contributed by atoms with E-state index in [0.29, 0.717) is 11.2 Å². The summed E-state index contributed by atoms with van der Waals surface area (Å²) in [6, 6.07) is 3.10. The van der Waals surface area contributed by atoms with Crippen LogP contribution in [0.1, 0.15) is 10.4 Å². The molecule has 0 aliphatic carbocycles. The molecule has 0 N–H and O–H groups in total. The smallest absolute Gasteiger partial charge is 0.176 e. The fourth-order valence-electron chi connectivity index (χ4n) is 0.996. The van der Waals surface area contributed by atoms with E-state index < -0.39 is 5.82 Å². The maximum atomic E-state index is 13.4. The molecule has 0 radical (unpaired) electrons. The molecule has 0 aliphatic rings. The highest BCUT2D eigenvalue weighted by molar-refractivity contribution is 7.98. The molecule has 0 unspecified atom stereocenters. The highest BCUT2D eigenvalue weighted by Crippen LogP contribution is 2.31. The van der Waals surface area contributed by atoms with Gasteiger partial charge in [-0.1, -0.05) is 0 Å². The number of hydrogen-bond donors (Lipinski definition) is 0. The molecule has 0 atom stereocenters. The minimum absolute atomic E-state index is 0.0228. The molecule has 13 heavy (non-hydrogen) atoms. The predicted molar refractivity (Wildman–Crippen MR) is 50.1 cm³/mol. The Morgan fingerprint density at radius 2 is 2.23 bits per heavy atom. The summed E-state index contributed by atoms with van der Waals surface area (Å²) in [5.41, 5.74) is 0.0228. The van der Waals surface area contributed by atoms with Gasteiger partial charge in [-0.2, -0.15) is 0 Å². The zero-order chi connectivity index (χ0) is 9.84. The first kappa shape index (κ1) is 10.1. The van der Waals surface area contributed by atoms with Crippen molar-refractivity contribution in [1.29, 1.82) is 0 Å². The number of ether oxygens (including phenoxy) is 1. The molecule has 1 rings (SSSR count). The molecule has 0 amide bonds. The summed E-state index contributed by atoms with van der Waals surface area (Å²) < 4.78 is 18.2. The average molecular weight is 200 g/mol. The van der Waals surface area contributed by atoms with E-state index in [1.807, 2.05) is 6.26 Å². The van der Waals surface area contributed by atoms with Gasteiger partial charge in [0.25, 0.3) is 0 Å². The van der Waals surface area contributed by atoms with E-state index in [0.717, 1.165) is 0 Å². The third kappa shape index (κ3) is 1.83. The van der Waals surface area contributed by atoms with E-state index in [4.69, 9.17) is 4.74 Å². The Hall–Kier alpha value is -1.03. The van der Waals surface area contributed by atoms with E-state index in [2.05, 4.69) is 0 Å².